The molecule has 1 aliphatic carbocycles. The SMILES string of the molecule is CNC1C(CN2CCC3CCCCC32)C(C)(C)OC1(C)C. The molecule has 1 N–H and O–H groups in total. The van der Waals surface area contributed by atoms with Gasteiger partial charge >= 0.3 is 0 Å². The molecule has 1 saturated carbocycles. The summed E-state index contributed by atoms with van der Waals surface area (Å²) in [7, 11) is 2.09. The monoisotopic (exact) mass is 294 g/mol. The number of ether oxygens (including phenoxy) is 1. The van der Waals surface area contributed by atoms with Crippen LogP contribution in [-0.4, -0.2) is 48.3 Å². The molecule has 4 unspecified atom stereocenters. The third kappa shape index (κ3) is 2.77. The van der Waals surface area contributed by atoms with Gasteiger partial charge in [0.05, 0.1) is 11.2 Å². The number of nitrogens with one attached hydrogen (secondary N) is 1. The molecule has 0 spiro atoms. The fourth-order valence-corrected chi connectivity index (χ4v) is 5.56. The molecule has 3 aliphatic rings. The van der Waals surface area contributed by atoms with Crippen LogP contribution in [0.5, 0.6) is 0 Å². The molecule has 3 rings (SSSR count). The lowest BCUT2D eigenvalue weighted by molar-refractivity contribution is -0.0798. The van der Waals surface area contributed by atoms with Crippen molar-refractivity contribution in [3.05, 3.63) is 0 Å². The predicted octanol–water partition coefficient (Wildman–Crippen LogP) is 3.04. The van der Waals surface area contributed by atoms with Gasteiger partial charge in [-0.15, -0.1) is 0 Å². The van der Waals surface area contributed by atoms with Gasteiger partial charge in [-0.3, -0.25) is 4.90 Å². The van der Waals surface area contributed by atoms with Gasteiger partial charge in [0, 0.05) is 24.5 Å². The highest BCUT2D eigenvalue weighted by atomic mass is 16.5. The van der Waals surface area contributed by atoms with Gasteiger partial charge < -0.3 is 10.1 Å². The molecule has 0 aromatic carbocycles. The second-order valence-corrected chi connectivity index (χ2v) is 8.58. The summed E-state index contributed by atoms with van der Waals surface area (Å²) < 4.78 is 6.41. The smallest absolute Gasteiger partial charge is 0.0790 e. The van der Waals surface area contributed by atoms with Crippen LogP contribution in [0.1, 0.15) is 59.8 Å². The quantitative estimate of drug-likeness (QED) is 0.866. The highest BCUT2D eigenvalue weighted by Crippen LogP contribution is 2.44. The summed E-state index contributed by atoms with van der Waals surface area (Å²) in [5, 5.41) is 3.55. The molecule has 122 valence electrons. The Morgan fingerprint density at radius 2 is 1.76 bits per heavy atom. The normalized spacial score (nSPS) is 42.1. The minimum atomic E-state index is -0.0748. The molecular weight excluding hydrogens is 260 g/mol. The number of hydrogen-bond acceptors (Lipinski definition) is 3. The number of likely N-dealkylation sites (tertiary alicyclic amines) is 1. The van der Waals surface area contributed by atoms with Crippen LogP contribution in [0.4, 0.5) is 0 Å². The van der Waals surface area contributed by atoms with Crippen LogP contribution in [-0.2, 0) is 4.74 Å². The third-order valence-electron chi connectivity index (χ3n) is 6.44. The largest absolute Gasteiger partial charge is 0.368 e. The Morgan fingerprint density at radius 1 is 1.05 bits per heavy atom. The van der Waals surface area contributed by atoms with Gasteiger partial charge in [-0.25, -0.2) is 0 Å². The van der Waals surface area contributed by atoms with Crippen molar-refractivity contribution in [3.8, 4) is 0 Å². The Balaban J connectivity index is 1.74. The molecule has 3 fully saturated rings. The summed E-state index contributed by atoms with van der Waals surface area (Å²) in [5.41, 5.74) is -0.113. The Bertz CT molecular complexity index is 379. The van der Waals surface area contributed by atoms with Crippen molar-refractivity contribution in [2.45, 2.75) is 83.1 Å². The van der Waals surface area contributed by atoms with Crippen LogP contribution in [0.25, 0.3) is 0 Å². The van der Waals surface area contributed by atoms with Crippen molar-refractivity contribution in [2.75, 3.05) is 20.1 Å². The van der Waals surface area contributed by atoms with E-state index in [0.29, 0.717) is 12.0 Å². The maximum Gasteiger partial charge on any atom is 0.0790 e. The second kappa shape index (κ2) is 5.50. The van der Waals surface area contributed by atoms with Gasteiger partial charge in [-0.2, -0.15) is 0 Å². The van der Waals surface area contributed by atoms with Gasteiger partial charge in [0.2, 0.25) is 0 Å². The first-order valence-electron chi connectivity index (χ1n) is 8.96. The first-order chi connectivity index (χ1) is 9.85. The molecule has 0 bridgehead atoms. The first kappa shape index (κ1) is 15.8. The lowest BCUT2D eigenvalue weighted by atomic mass is 9.81. The molecule has 21 heavy (non-hydrogen) atoms. The lowest BCUT2D eigenvalue weighted by Gasteiger charge is -2.37. The van der Waals surface area contributed by atoms with Crippen molar-refractivity contribution in [2.24, 2.45) is 11.8 Å². The average molecular weight is 294 g/mol. The molecule has 2 aliphatic heterocycles. The van der Waals surface area contributed by atoms with Crippen molar-refractivity contribution >= 4 is 0 Å². The van der Waals surface area contributed by atoms with E-state index in [2.05, 4.69) is 45.0 Å². The lowest BCUT2D eigenvalue weighted by Crippen LogP contribution is -2.51. The molecule has 4 atom stereocenters. The molecule has 0 amide bonds. The van der Waals surface area contributed by atoms with Crippen LogP contribution < -0.4 is 5.32 Å². The van der Waals surface area contributed by atoms with E-state index in [4.69, 9.17) is 4.74 Å². The third-order valence-corrected chi connectivity index (χ3v) is 6.44. The van der Waals surface area contributed by atoms with Gasteiger partial charge in [-0.1, -0.05) is 12.8 Å². The molecule has 2 saturated heterocycles. The van der Waals surface area contributed by atoms with E-state index in [-0.39, 0.29) is 11.2 Å². The van der Waals surface area contributed by atoms with E-state index in [1.54, 1.807) is 0 Å². The van der Waals surface area contributed by atoms with Crippen LogP contribution in [0, 0.1) is 11.8 Å². The Morgan fingerprint density at radius 3 is 2.48 bits per heavy atom. The van der Waals surface area contributed by atoms with E-state index in [1.165, 1.54) is 45.2 Å². The van der Waals surface area contributed by atoms with Crippen LogP contribution in [0.2, 0.25) is 0 Å². The van der Waals surface area contributed by atoms with E-state index in [1.807, 2.05) is 0 Å². The average Bonchev–Trinajstić information content (AvgIpc) is 2.87. The summed E-state index contributed by atoms with van der Waals surface area (Å²) in [6, 6.07) is 1.30. The standard InChI is InChI=1S/C18H34N2O/c1-17(2)14(16(19-5)18(3,4)21-17)12-20-11-10-13-8-6-7-9-15(13)20/h13-16,19H,6-12H2,1-5H3. The molecule has 3 heteroatoms. The number of rotatable bonds is 3. The van der Waals surface area contributed by atoms with E-state index >= 15 is 0 Å². The van der Waals surface area contributed by atoms with Crippen molar-refractivity contribution in [1.82, 2.24) is 10.2 Å². The second-order valence-electron chi connectivity index (χ2n) is 8.58. The van der Waals surface area contributed by atoms with Gasteiger partial charge in [0.25, 0.3) is 0 Å². The fourth-order valence-electron chi connectivity index (χ4n) is 5.56. The number of nitrogens with zero attached hydrogens (tertiary/aromatic N) is 1. The Labute approximate surface area is 130 Å². The highest BCUT2D eigenvalue weighted by Gasteiger charge is 2.54. The van der Waals surface area contributed by atoms with Crippen LogP contribution >= 0.6 is 0 Å². The van der Waals surface area contributed by atoms with E-state index in [9.17, 15) is 0 Å². The molecule has 0 aromatic heterocycles. The molecule has 0 radical (unpaired) electrons. The zero-order valence-corrected chi connectivity index (χ0v) is 14.6. The molecule has 3 nitrogen and oxygen atoms in total. The minimum Gasteiger partial charge on any atom is -0.368 e. The molecule has 2 heterocycles. The Hall–Kier alpha value is -0.120. The first-order valence-corrected chi connectivity index (χ1v) is 8.96. The molecular formula is C18H34N2O. The maximum atomic E-state index is 6.41. The summed E-state index contributed by atoms with van der Waals surface area (Å²) >= 11 is 0. The van der Waals surface area contributed by atoms with Crippen molar-refractivity contribution < 1.29 is 4.74 Å². The van der Waals surface area contributed by atoms with E-state index < -0.39 is 0 Å². The topological polar surface area (TPSA) is 24.5 Å². The van der Waals surface area contributed by atoms with Gasteiger partial charge in [0.15, 0.2) is 0 Å². The van der Waals surface area contributed by atoms with Crippen LogP contribution in [0.15, 0.2) is 0 Å². The van der Waals surface area contributed by atoms with Gasteiger partial charge in [-0.05, 0) is 66.5 Å². The summed E-state index contributed by atoms with van der Waals surface area (Å²) in [6.07, 6.45) is 7.20. The summed E-state index contributed by atoms with van der Waals surface area (Å²) in [6.45, 7) is 11.5. The maximum absolute atomic E-state index is 6.41. The highest BCUT2D eigenvalue weighted by molar-refractivity contribution is 5.06. The zero-order chi connectivity index (χ0) is 15.3. The summed E-state index contributed by atoms with van der Waals surface area (Å²) in [5.74, 6) is 1.54. The zero-order valence-electron chi connectivity index (χ0n) is 14.6. The molecule has 0 aromatic rings. The van der Waals surface area contributed by atoms with Gasteiger partial charge in [0.1, 0.15) is 0 Å². The predicted molar refractivity (Wildman–Crippen MR) is 87.5 cm³/mol. The number of likely N-dealkylation sites (N-methyl/N-ethyl adjacent to an activating group) is 1. The van der Waals surface area contributed by atoms with Crippen LogP contribution in [0.3, 0.4) is 0 Å². The fraction of sp³-hybridized carbons (Fsp3) is 1.00. The number of hydrogen-bond donors (Lipinski definition) is 1. The summed E-state index contributed by atoms with van der Waals surface area (Å²) in [4.78, 5) is 2.80. The minimum absolute atomic E-state index is 0.0378. The van der Waals surface area contributed by atoms with Crippen molar-refractivity contribution in [3.63, 3.8) is 0 Å². The van der Waals surface area contributed by atoms with E-state index in [0.717, 1.165) is 12.0 Å². The van der Waals surface area contributed by atoms with Crippen molar-refractivity contribution in [1.29, 1.82) is 0 Å². The Kier molecular flexibility index (Phi) is 4.13. The number of fused-ring (bicyclic) bond motifs is 1.